The van der Waals surface area contributed by atoms with Gasteiger partial charge >= 0.3 is 5.97 Å². The van der Waals surface area contributed by atoms with Crippen molar-refractivity contribution in [2.75, 3.05) is 18.5 Å². The predicted octanol–water partition coefficient (Wildman–Crippen LogP) is 2.87. The Morgan fingerprint density at radius 3 is 2.58 bits per heavy atom. The third-order valence-corrected chi connectivity index (χ3v) is 5.32. The number of ketones is 1. The topological polar surface area (TPSA) is 122 Å². The summed E-state index contributed by atoms with van der Waals surface area (Å²) in [5.41, 5.74) is 3.33. The largest absolute Gasteiger partial charge is 0.455 e. The molecule has 33 heavy (non-hydrogen) atoms. The van der Waals surface area contributed by atoms with E-state index < -0.39 is 36.2 Å². The minimum Gasteiger partial charge on any atom is -0.455 e. The van der Waals surface area contributed by atoms with Crippen molar-refractivity contribution in [3.63, 3.8) is 0 Å². The number of benzene rings is 2. The second kappa shape index (κ2) is 10.5. The number of carbonyl (C=O) groups is 5. The molecule has 1 atom stereocenters. The van der Waals surface area contributed by atoms with Gasteiger partial charge in [0.25, 0.3) is 11.8 Å². The molecular weight excluding hydrogens is 473 g/mol. The van der Waals surface area contributed by atoms with Crippen molar-refractivity contribution in [1.82, 2.24) is 10.4 Å². The molecule has 2 aromatic carbocycles. The minimum atomic E-state index is -0.854. The summed E-state index contributed by atoms with van der Waals surface area (Å²) in [6.07, 6.45) is -0.185. The van der Waals surface area contributed by atoms with E-state index >= 15 is 0 Å². The Balaban J connectivity index is 1.50. The minimum absolute atomic E-state index is 0.113. The highest BCUT2D eigenvalue weighted by molar-refractivity contribution is 6.36. The molecule has 0 aliphatic carbocycles. The maximum absolute atomic E-state index is 12.4. The molecule has 0 bridgehead atoms. The number of nitrogens with zero attached hydrogens (tertiary/aromatic N) is 1. The molecular formula is C22H19Cl2N3O6. The van der Waals surface area contributed by atoms with Crippen molar-refractivity contribution in [1.29, 1.82) is 0 Å². The van der Waals surface area contributed by atoms with Gasteiger partial charge in [0, 0.05) is 22.7 Å². The van der Waals surface area contributed by atoms with Crippen LogP contribution in [0.25, 0.3) is 0 Å². The molecule has 0 saturated carbocycles. The van der Waals surface area contributed by atoms with E-state index in [9.17, 15) is 24.0 Å². The van der Waals surface area contributed by atoms with Gasteiger partial charge in [-0.15, -0.1) is 0 Å². The van der Waals surface area contributed by atoms with Crippen LogP contribution < -0.4 is 10.7 Å². The fourth-order valence-electron chi connectivity index (χ4n) is 3.10. The molecule has 1 aliphatic heterocycles. The SMILES string of the molecule is CC(=O)c1cccc(NC(=O)COC(=O)[C@H]2CC(=O)N(NC(=O)c3ccc(Cl)cc3Cl)C2)c1. The van der Waals surface area contributed by atoms with Crippen LogP contribution in [0, 0.1) is 5.92 Å². The lowest BCUT2D eigenvalue weighted by Crippen LogP contribution is -2.43. The van der Waals surface area contributed by atoms with Crippen LogP contribution in [0.4, 0.5) is 5.69 Å². The molecule has 0 unspecified atom stereocenters. The van der Waals surface area contributed by atoms with Gasteiger partial charge in [-0.05, 0) is 37.3 Å². The third kappa shape index (κ3) is 6.30. The Labute approximate surface area is 198 Å². The number of ether oxygens (including phenoxy) is 1. The Hall–Kier alpha value is -3.43. The van der Waals surface area contributed by atoms with Gasteiger partial charge in [0.2, 0.25) is 5.91 Å². The molecule has 3 amide bonds. The molecule has 0 radical (unpaired) electrons. The monoisotopic (exact) mass is 491 g/mol. The number of hydrogen-bond acceptors (Lipinski definition) is 6. The van der Waals surface area contributed by atoms with Crippen LogP contribution in [-0.2, 0) is 19.1 Å². The first-order chi connectivity index (χ1) is 15.6. The second-order valence-corrected chi connectivity index (χ2v) is 8.11. The Kier molecular flexibility index (Phi) is 7.67. The number of nitrogens with one attached hydrogen (secondary N) is 2. The van der Waals surface area contributed by atoms with E-state index in [2.05, 4.69) is 10.7 Å². The molecule has 172 valence electrons. The van der Waals surface area contributed by atoms with Gasteiger partial charge in [-0.2, -0.15) is 0 Å². The first-order valence-corrected chi connectivity index (χ1v) is 10.5. The highest BCUT2D eigenvalue weighted by atomic mass is 35.5. The standard InChI is InChI=1S/C22H19Cl2N3O6/c1-12(28)13-3-2-4-16(7-13)25-19(29)11-33-22(32)14-8-20(30)27(10-14)26-21(31)17-6-5-15(23)9-18(17)24/h2-7,9,14H,8,10-11H2,1H3,(H,25,29)(H,26,31)/t14-/m0/s1. The van der Waals surface area contributed by atoms with Crippen molar-refractivity contribution < 1.29 is 28.7 Å². The number of hydrazine groups is 1. The third-order valence-electron chi connectivity index (χ3n) is 4.77. The van der Waals surface area contributed by atoms with E-state index in [-0.39, 0.29) is 29.3 Å². The number of halogens is 2. The molecule has 1 fully saturated rings. The van der Waals surface area contributed by atoms with Gasteiger partial charge in [-0.25, -0.2) is 0 Å². The summed E-state index contributed by atoms with van der Waals surface area (Å²) in [7, 11) is 0. The lowest BCUT2D eigenvalue weighted by Gasteiger charge is -2.18. The maximum atomic E-state index is 12.4. The van der Waals surface area contributed by atoms with Gasteiger partial charge in [-0.1, -0.05) is 35.3 Å². The van der Waals surface area contributed by atoms with Crippen molar-refractivity contribution >= 4 is 58.4 Å². The zero-order valence-corrected chi connectivity index (χ0v) is 18.9. The number of hydrogen-bond donors (Lipinski definition) is 2. The van der Waals surface area contributed by atoms with E-state index in [0.717, 1.165) is 5.01 Å². The molecule has 1 saturated heterocycles. The van der Waals surface area contributed by atoms with Gasteiger partial charge in [-0.3, -0.25) is 34.4 Å². The van der Waals surface area contributed by atoms with Crippen molar-refractivity contribution in [2.24, 2.45) is 5.92 Å². The number of anilines is 1. The number of esters is 1. The summed E-state index contributed by atoms with van der Waals surface area (Å²) < 4.78 is 5.01. The maximum Gasteiger partial charge on any atom is 0.311 e. The summed E-state index contributed by atoms with van der Waals surface area (Å²) in [4.78, 5) is 60.4. The van der Waals surface area contributed by atoms with Crippen molar-refractivity contribution in [3.05, 3.63) is 63.6 Å². The molecule has 11 heteroatoms. The smallest absolute Gasteiger partial charge is 0.311 e. The van der Waals surface area contributed by atoms with Gasteiger partial charge in [0.15, 0.2) is 12.4 Å². The van der Waals surface area contributed by atoms with Crippen LogP contribution in [0.2, 0.25) is 10.0 Å². The lowest BCUT2D eigenvalue weighted by atomic mass is 10.1. The summed E-state index contributed by atoms with van der Waals surface area (Å²) in [6, 6.07) is 10.6. The molecule has 1 heterocycles. The summed E-state index contributed by atoms with van der Waals surface area (Å²) in [5.74, 6) is -3.48. The van der Waals surface area contributed by atoms with Crippen LogP contribution >= 0.6 is 23.2 Å². The van der Waals surface area contributed by atoms with Gasteiger partial charge in [0.05, 0.1) is 23.0 Å². The molecule has 0 spiro atoms. The summed E-state index contributed by atoms with van der Waals surface area (Å²) >= 11 is 11.8. The summed E-state index contributed by atoms with van der Waals surface area (Å²) in [5, 5.41) is 4.00. The van der Waals surface area contributed by atoms with Crippen LogP contribution in [-0.4, -0.2) is 47.6 Å². The Morgan fingerprint density at radius 1 is 1.12 bits per heavy atom. The average Bonchev–Trinajstić information content (AvgIpc) is 3.12. The molecule has 0 aromatic heterocycles. The van der Waals surface area contributed by atoms with Crippen molar-refractivity contribution in [2.45, 2.75) is 13.3 Å². The van der Waals surface area contributed by atoms with Crippen LogP contribution in [0.1, 0.15) is 34.1 Å². The highest BCUT2D eigenvalue weighted by Gasteiger charge is 2.37. The van der Waals surface area contributed by atoms with Crippen LogP contribution in [0.3, 0.4) is 0 Å². The fraction of sp³-hybridized carbons (Fsp3) is 0.227. The first kappa shape index (κ1) is 24.2. The number of rotatable bonds is 7. The molecule has 2 aromatic rings. The van der Waals surface area contributed by atoms with Gasteiger partial charge in [0.1, 0.15) is 0 Å². The van der Waals surface area contributed by atoms with E-state index in [0.29, 0.717) is 16.3 Å². The second-order valence-electron chi connectivity index (χ2n) is 7.26. The molecule has 1 aliphatic rings. The Morgan fingerprint density at radius 2 is 1.88 bits per heavy atom. The average molecular weight is 492 g/mol. The van der Waals surface area contributed by atoms with Crippen LogP contribution in [0.15, 0.2) is 42.5 Å². The predicted molar refractivity (Wildman–Crippen MR) is 120 cm³/mol. The van der Waals surface area contributed by atoms with E-state index in [1.807, 2.05) is 0 Å². The van der Waals surface area contributed by atoms with Gasteiger partial charge < -0.3 is 10.1 Å². The van der Waals surface area contributed by atoms with Crippen molar-refractivity contribution in [3.8, 4) is 0 Å². The lowest BCUT2D eigenvalue weighted by molar-refractivity contribution is -0.151. The van der Waals surface area contributed by atoms with E-state index in [1.165, 1.54) is 31.2 Å². The number of amides is 3. The normalized spacial score (nSPS) is 15.2. The quantitative estimate of drug-likeness (QED) is 0.453. The van der Waals surface area contributed by atoms with E-state index in [1.54, 1.807) is 18.2 Å². The van der Waals surface area contributed by atoms with E-state index in [4.69, 9.17) is 27.9 Å². The first-order valence-electron chi connectivity index (χ1n) is 9.78. The fourth-order valence-corrected chi connectivity index (χ4v) is 3.59. The number of carbonyl (C=O) groups excluding carboxylic acids is 5. The molecule has 9 nitrogen and oxygen atoms in total. The zero-order valence-electron chi connectivity index (χ0n) is 17.4. The molecule has 3 rings (SSSR count). The Bertz CT molecular complexity index is 1140. The zero-order chi connectivity index (χ0) is 24.1. The molecule has 2 N–H and O–H groups in total. The van der Waals surface area contributed by atoms with Crippen LogP contribution in [0.5, 0.6) is 0 Å². The summed E-state index contributed by atoms with van der Waals surface area (Å²) in [6.45, 7) is 0.721. The highest BCUT2D eigenvalue weighted by Crippen LogP contribution is 2.22. The number of Topliss-reactive ketones (excluding diaryl/α,β-unsaturated/α-hetero) is 1.